The monoisotopic (exact) mass is 497 g/mol. The summed E-state index contributed by atoms with van der Waals surface area (Å²) in [6.07, 6.45) is 1.33. The Morgan fingerprint density at radius 3 is 2.45 bits per heavy atom. The number of H-pyrrole nitrogens is 1. The maximum Gasteiger partial charge on any atom is 0.490 e. The van der Waals surface area contributed by atoms with Gasteiger partial charge in [0.1, 0.15) is 0 Å². The van der Waals surface area contributed by atoms with Crippen molar-refractivity contribution in [3.8, 4) is 11.3 Å². The van der Waals surface area contributed by atoms with Gasteiger partial charge in [0.25, 0.3) is 5.91 Å². The molecule has 1 amide bonds. The average Bonchev–Trinajstić information content (AvgIpc) is 3.20. The Balaban J connectivity index is 0.000000383. The zero-order chi connectivity index (χ0) is 24.2. The van der Waals surface area contributed by atoms with Gasteiger partial charge in [-0.05, 0) is 42.0 Å². The number of carboxylic acids is 1. The molecule has 3 N–H and O–H groups in total. The minimum Gasteiger partial charge on any atom is -0.475 e. The van der Waals surface area contributed by atoms with Crippen molar-refractivity contribution in [2.45, 2.75) is 12.6 Å². The number of aromatic amines is 1. The number of rotatable bonds is 3. The minimum atomic E-state index is -5.08. The zero-order valence-corrected chi connectivity index (χ0v) is 18.2. The van der Waals surface area contributed by atoms with E-state index in [1.54, 1.807) is 12.3 Å². The predicted molar refractivity (Wildman–Crippen MR) is 119 cm³/mol. The number of hydrogen-bond acceptors (Lipinski definition) is 3. The van der Waals surface area contributed by atoms with Crippen molar-refractivity contribution in [1.82, 2.24) is 15.3 Å². The van der Waals surface area contributed by atoms with E-state index < -0.39 is 12.1 Å². The van der Waals surface area contributed by atoms with Crippen molar-refractivity contribution in [3.05, 3.63) is 75.2 Å². The third-order valence-corrected chi connectivity index (χ3v) is 5.27. The van der Waals surface area contributed by atoms with Gasteiger partial charge in [0.2, 0.25) is 0 Å². The molecule has 0 radical (unpaired) electrons. The quantitative estimate of drug-likeness (QED) is 0.446. The number of fused-ring (bicyclic) bond motifs is 1. The second kappa shape index (κ2) is 10.1. The number of hydrogen-bond donors (Lipinski definition) is 3. The number of aliphatic carboxylic acids is 1. The van der Waals surface area contributed by atoms with E-state index in [2.05, 4.69) is 15.3 Å². The average molecular weight is 498 g/mol. The van der Waals surface area contributed by atoms with E-state index >= 15 is 0 Å². The Morgan fingerprint density at radius 2 is 1.82 bits per heavy atom. The Kier molecular flexibility index (Phi) is 7.45. The summed E-state index contributed by atoms with van der Waals surface area (Å²) in [7, 11) is 0. The summed E-state index contributed by atoms with van der Waals surface area (Å²) in [5, 5.41) is 11.0. The molecule has 1 aliphatic rings. The maximum atomic E-state index is 11.9. The van der Waals surface area contributed by atoms with E-state index in [1.807, 2.05) is 42.5 Å². The van der Waals surface area contributed by atoms with Gasteiger partial charge in [-0.2, -0.15) is 13.2 Å². The summed E-state index contributed by atoms with van der Waals surface area (Å²) < 4.78 is 31.7. The van der Waals surface area contributed by atoms with Crippen LogP contribution < -0.4 is 5.32 Å². The Morgan fingerprint density at radius 1 is 1.09 bits per heavy atom. The lowest BCUT2D eigenvalue weighted by Crippen LogP contribution is -2.31. The van der Waals surface area contributed by atoms with Crippen LogP contribution in [0.1, 0.15) is 27.3 Å². The van der Waals surface area contributed by atoms with E-state index in [1.165, 1.54) is 0 Å². The van der Waals surface area contributed by atoms with Crippen molar-refractivity contribution in [3.63, 3.8) is 0 Å². The molecule has 0 bridgehead atoms. The van der Waals surface area contributed by atoms with Crippen LogP contribution in [0, 0.1) is 0 Å². The van der Waals surface area contributed by atoms with Crippen LogP contribution in [0.25, 0.3) is 23.4 Å². The molecular formula is C22H16Cl2F3N3O3. The van der Waals surface area contributed by atoms with Crippen LogP contribution in [0.4, 0.5) is 13.2 Å². The number of nitrogens with zero attached hydrogens (tertiary/aromatic N) is 1. The number of halogens is 5. The van der Waals surface area contributed by atoms with Crippen LogP contribution in [0.5, 0.6) is 0 Å². The Labute approximate surface area is 196 Å². The first-order chi connectivity index (χ1) is 15.5. The van der Waals surface area contributed by atoms with Crippen LogP contribution in [-0.4, -0.2) is 39.7 Å². The first kappa shape index (κ1) is 24.3. The van der Waals surface area contributed by atoms with Crippen molar-refractivity contribution in [1.29, 1.82) is 0 Å². The highest BCUT2D eigenvalue weighted by Gasteiger charge is 2.38. The molecule has 0 fully saturated rings. The fraction of sp³-hybridized carbons (Fsp3) is 0.136. The van der Waals surface area contributed by atoms with Gasteiger partial charge >= 0.3 is 12.1 Å². The molecule has 0 atom stereocenters. The second-order valence-corrected chi connectivity index (χ2v) is 7.67. The molecule has 33 heavy (non-hydrogen) atoms. The lowest BCUT2D eigenvalue weighted by Gasteiger charge is -2.10. The first-order valence-corrected chi connectivity index (χ1v) is 10.2. The number of nitrogens with one attached hydrogen (secondary N) is 2. The number of alkyl halides is 3. The number of carbonyl (C=O) groups excluding carboxylic acids is 1. The number of benzene rings is 1. The summed E-state index contributed by atoms with van der Waals surface area (Å²) in [5.41, 5.74) is 5.35. The Bertz CT molecular complexity index is 1220. The zero-order valence-electron chi connectivity index (χ0n) is 16.7. The fourth-order valence-corrected chi connectivity index (χ4v) is 3.26. The maximum absolute atomic E-state index is 11.9. The molecule has 3 aromatic rings. The highest BCUT2D eigenvalue weighted by molar-refractivity contribution is 6.42. The van der Waals surface area contributed by atoms with E-state index in [0.29, 0.717) is 16.6 Å². The first-order valence-electron chi connectivity index (χ1n) is 9.44. The van der Waals surface area contributed by atoms with Crippen LogP contribution in [-0.2, 0) is 11.2 Å². The number of pyridine rings is 1. The molecular weight excluding hydrogens is 482 g/mol. The summed E-state index contributed by atoms with van der Waals surface area (Å²) in [6.45, 7) is 0.666. The van der Waals surface area contributed by atoms with Crippen molar-refractivity contribution >= 4 is 47.2 Å². The molecule has 172 valence electrons. The molecule has 0 saturated heterocycles. The van der Waals surface area contributed by atoms with Crippen LogP contribution in [0.3, 0.4) is 0 Å². The van der Waals surface area contributed by atoms with Crippen molar-refractivity contribution < 1.29 is 27.9 Å². The third kappa shape index (κ3) is 6.36. The van der Waals surface area contributed by atoms with E-state index in [-0.39, 0.29) is 5.91 Å². The highest BCUT2D eigenvalue weighted by Crippen LogP contribution is 2.26. The van der Waals surface area contributed by atoms with Gasteiger partial charge in [0.15, 0.2) is 0 Å². The van der Waals surface area contributed by atoms with Gasteiger partial charge < -0.3 is 15.4 Å². The molecule has 11 heteroatoms. The SMILES string of the molecule is O=C(O)C(F)(F)F.O=C1NCCc2[nH]c(-c3ccnc(/C=C/c4ccc(Cl)c(Cl)c4)c3)cc21. The summed E-state index contributed by atoms with van der Waals surface area (Å²) in [5.74, 6) is -2.78. The molecule has 0 unspecified atom stereocenters. The van der Waals surface area contributed by atoms with Gasteiger partial charge in [-0.3, -0.25) is 9.78 Å². The number of amides is 1. The summed E-state index contributed by atoms with van der Waals surface area (Å²) in [6, 6.07) is 11.3. The third-order valence-electron chi connectivity index (χ3n) is 4.53. The molecule has 2 aromatic heterocycles. The van der Waals surface area contributed by atoms with Crippen LogP contribution >= 0.6 is 23.2 Å². The number of carbonyl (C=O) groups is 2. The molecule has 1 aliphatic heterocycles. The van der Waals surface area contributed by atoms with Gasteiger partial charge in [0.05, 0.1) is 21.3 Å². The van der Waals surface area contributed by atoms with Crippen LogP contribution in [0.15, 0.2) is 42.6 Å². The van der Waals surface area contributed by atoms with Crippen molar-refractivity contribution in [2.75, 3.05) is 6.54 Å². The van der Waals surface area contributed by atoms with E-state index in [4.69, 9.17) is 33.1 Å². The largest absolute Gasteiger partial charge is 0.490 e. The van der Waals surface area contributed by atoms with E-state index in [0.717, 1.165) is 40.2 Å². The predicted octanol–water partition coefficient (Wildman–Crippen LogP) is 5.47. The fourth-order valence-electron chi connectivity index (χ4n) is 2.95. The second-order valence-electron chi connectivity index (χ2n) is 6.86. The van der Waals surface area contributed by atoms with Gasteiger partial charge in [0, 0.05) is 36.1 Å². The summed E-state index contributed by atoms with van der Waals surface area (Å²) >= 11 is 12.0. The molecule has 3 heterocycles. The molecule has 6 nitrogen and oxygen atoms in total. The number of aromatic nitrogens is 2. The molecule has 1 aromatic carbocycles. The molecule has 4 rings (SSSR count). The smallest absolute Gasteiger partial charge is 0.475 e. The Hall–Kier alpha value is -3.30. The van der Waals surface area contributed by atoms with Gasteiger partial charge in [-0.25, -0.2) is 4.79 Å². The van der Waals surface area contributed by atoms with E-state index in [9.17, 15) is 18.0 Å². The minimum absolute atomic E-state index is 0.0254. The lowest BCUT2D eigenvalue weighted by molar-refractivity contribution is -0.192. The molecule has 0 saturated carbocycles. The van der Waals surface area contributed by atoms with Gasteiger partial charge in [-0.15, -0.1) is 0 Å². The molecule has 0 spiro atoms. The number of carboxylic acid groups (broad SMARTS) is 1. The normalized spacial score (nSPS) is 13.2. The topological polar surface area (TPSA) is 95.1 Å². The summed E-state index contributed by atoms with van der Waals surface area (Å²) in [4.78, 5) is 28.6. The van der Waals surface area contributed by atoms with Gasteiger partial charge in [-0.1, -0.05) is 35.3 Å². The van der Waals surface area contributed by atoms with Crippen molar-refractivity contribution in [2.24, 2.45) is 0 Å². The molecule has 0 aliphatic carbocycles. The van der Waals surface area contributed by atoms with Crippen LogP contribution in [0.2, 0.25) is 10.0 Å². The lowest BCUT2D eigenvalue weighted by atomic mass is 10.1. The highest BCUT2D eigenvalue weighted by atomic mass is 35.5. The standard InChI is InChI=1S/C20H15Cl2N3O.C2HF3O2/c21-16-4-2-12(9-17(16)22)1-3-14-10-13(5-7-23-14)19-11-15-18(25-19)6-8-24-20(15)26;3-2(4,5)1(6)7/h1-5,7,9-11,25H,6,8H2,(H,24,26);(H,6,7)/b3-1+;.